The summed E-state index contributed by atoms with van der Waals surface area (Å²) in [6.45, 7) is 6.32. The van der Waals surface area contributed by atoms with Crippen LogP contribution in [0.2, 0.25) is 0 Å². The van der Waals surface area contributed by atoms with Crippen molar-refractivity contribution in [1.29, 1.82) is 0 Å². The van der Waals surface area contributed by atoms with Crippen molar-refractivity contribution in [3.8, 4) is 5.75 Å². The molecule has 2 fully saturated rings. The van der Waals surface area contributed by atoms with E-state index in [1.54, 1.807) is 0 Å². The molecule has 2 aliphatic rings. The minimum Gasteiger partial charge on any atom is -0.490 e. The number of hydrogen-bond donors (Lipinski definition) is 2. The van der Waals surface area contributed by atoms with Crippen LogP contribution in [0.4, 0.5) is 5.69 Å². The highest BCUT2D eigenvalue weighted by molar-refractivity contribution is 5.48. The van der Waals surface area contributed by atoms with Crippen LogP contribution in [0.1, 0.15) is 18.4 Å². The van der Waals surface area contributed by atoms with Crippen molar-refractivity contribution in [3.63, 3.8) is 0 Å². The molecule has 2 N–H and O–H groups in total. The monoisotopic (exact) mass is 426 g/mol. The predicted molar refractivity (Wildman–Crippen MR) is 122 cm³/mol. The SMILES string of the molecule is Cc1ccc(N2CCC(O)(CN3CCOC[C@@](O)(COc4ccccc4)C3)CC2)cc1. The quantitative estimate of drug-likeness (QED) is 0.740. The summed E-state index contributed by atoms with van der Waals surface area (Å²) >= 11 is 0. The van der Waals surface area contributed by atoms with Crippen LogP contribution in [0.3, 0.4) is 0 Å². The normalized spacial score (nSPS) is 24.5. The highest BCUT2D eigenvalue weighted by Gasteiger charge is 2.39. The lowest BCUT2D eigenvalue weighted by atomic mass is 9.90. The number of aliphatic hydroxyl groups is 2. The van der Waals surface area contributed by atoms with Crippen molar-refractivity contribution >= 4 is 5.69 Å². The molecular formula is C25H34N2O4. The van der Waals surface area contributed by atoms with Crippen molar-refractivity contribution in [1.82, 2.24) is 4.90 Å². The molecule has 4 rings (SSSR count). The zero-order valence-electron chi connectivity index (χ0n) is 18.4. The zero-order valence-corrected chi connectivity index (χ0v) is 18.4. The van der Waals surface area contributed by atoms with Gasteiger partial charge in [0, 0.05) is 38.4 Å². The van der Waals surface area contributed by atoms with Crippen molar-refractivity contribution in [3.05, 3.63) is 60.2 Å². The van der Waals surface area contributed by atoms with Crippen LogP contribution < -0.4 is 9.64 Å². The van der Waals surface area contributed by atoms with Crippen LogP contribution in [0, 0.1) is 6.92 Å². The Morgan fingerprint density at radius 1 is 0.935 bits per heavy atom. The maximum absolute atomic E-state index is 11.3. The van der Waals surface area contributed by atoms with Gasteiger partial charge in [-0.3, -0.25) is 4.90 Å². The Hall–Kier alpha value is -2.12. The Morgan fingerprint density at radius 3 is 2.35 bits per heavy atom. The van der Waals surface area contributed by atoms with Gasteiger partial charge in [0.1, 0.15) is 18.0 Å². The fourth-order valence-electron chi connectivity index (χ4n) is 4.46. The van der Waals surface area contributed by atoms with Crippen molar-refractivity contribution in [2.24, 2.45) is 0 Å². The third kappa shape index (κ3) is 5.98. The molecule has 168 valence electrons. The van der Waals surface area contributed by atoms with E-state index in [9.17, 15) is 10.2 Å². The second-order valence-corrected chi connectivity index (χ2v) is 9.14. The van der Waals surface area contributed by atoms with Crippen molar-refractivity contribution in [2.75, 3.05) is 57.4 Å². The molecule has 0 radical (unpaired) electrons. The first-order chi connectivity index (χ1) is 14.9. The zero-order chi connectivity index (χ0) is 21.7. The summed E-state index contributed by atoms with van der Waals surface area (Å²) in [4.78, 5) is 4.46. The first-order valence-electron chi connectivity index (χ1n) is 11.2. The van der Waals surface area contributed by atoms with Gasteiger partial charge in [0.25, 0.3) is 0 Å². The Labute approximate surface area is 185 Å². The summed E-state index contributed by atoms with van der Waals surface area (Å²) in [7, 11) is 0. The van der Waals surface area contributed by atoms with E-state index < -0.39 is 11.2 Å². The lowest BCUT2D eigenvalue weighted by molar-refractivity contribution is -0.0742. The van der Waals surface area contributed by atoms with Gasteiger partial charge in [0.05, 0.1) is 18.8 Å². The summed E-state index contributed by atoms with van der Waals surface area (Å²) in [5.74, 6) is 0.730. The number of para-hydroxylation sites is 1. The van der Waals surface area contributed by atoms with Gasteiger partial charge in [-0.15, -0.1) is 0 Å². The van der Waals surface area contributed by atoms with E-state index in [1.807, 2.05) is 30.3 Å². The topological polar surface area (TPSA) is 65.4 Å². The molecule has 0 spiro atoms. The average Bonchev–Trinajstić information content (AvgIpc) is 2.95. The third-order valence-electron chi connectivity index (χ3n) is 6.30. The largest absolute Gasteiger partial charge is 0.490 e. The predicted octanol–water partition coefficient (Wildman–Crippen LogP) is 2.47. The van der Waals surface area contributed by atoms with Gasteiger partial charge in [-0.05, 0) is 44.0 Å². The minimum atomic E-state index is -1.11. The van der Waals surface area contributed by atoms with Gasteiger partial charge >= 0.3 is 0 Å². The Bertz CT molecular complexity index is 821. The molecule has 31 heavy (non-hydrogen) atoms. The van der Waals surface area contributed by atoms with E-state index in [2.05, 4.69) is 41.0 Å². The van der Waals surface area contributed by atoms with Gasteiger partial charge in [0.15, 0.2) is 0 Å². The highest BCUT2D eigenvalue weighted by Crippen LogP contribution is 2.28. The maximum Gasteiger partial charge on any atom is 0.134 e. The van der Waals surface area contributed by atoms with E-state index in [-0.39, 0.29) is 13.2 Å². The molecular weight excluding hydrogens is 392 g/mol. The number of benzene rings is 2. The third-order valence-corrected chi connectivity index (χ3v) is 6.30. The van der Waals surface area contributed by atoms with Crippen LogP contribution in [-0.4, -0.2) is 78.9 Å². The van der Waals surface area contributed by atoms with E-state index in [0.717, 1.165) is 18.8 Å². The lowest BCUT2D eigenvalue weighted by Crippen LogP contribution is -2.55. The van der Waals surface area contributed by atoms with Crippen LogP contribution in [0.25, 0.3) is 0 Å². The number of piperidine rings is 1. The maximum atomic E-state index is 11.3. The Balaban J connectivity index is 1.32. The number of hydrogen-bond acceptors (Lipinski definition) is 6. The number of nitrogens with zero attached hydrogens (tertiary/aromatic N) is 2. The fraction of sp³-hybridized carbons (Fsp3) is 0.520. The number of β-amino-alcohol motifs (C(OH)–C–C–N with tert-alkyl or cyclic N) is 2. The smallest absolute Gasteiger partial charge is 0.134 e. The first-order valence-corrected chi connectivity index (χ1v) is 11.2. The minimum absolute atomic E-state index is 0.160. The summed E-state index contributed by atoms with van der Waals surface area (Å²) in [5.41, 5.74) is 0.602. The number of ether oxygens (including phenoxy) is 2. The second kappa shape index (κ2) is 9.57. The van der Waals surface area contributed by atoms with Gasteiger partial charge in [-0.2, -0.15) is 0 Å². The average molecular weight is 427 g/mol. The molecule has 2 aromatic carbocycles. The molecule has 6 heteroatoms. The van der Waals surface area contributed by atoms with Gasteiger partial charge < -0.3 is 24.6 Å². The van der Waals surface area contributed by atoms with Gasteiger partial charge in [0.2, 0.25) is 0 Å². The molecule has 0 aromatic heterocycles. The van der Waals surface area contributed by atoms with E-state index in [1.165, 1.54) is 11.3 Å². The van der Waals surface area contributed by atoms with E-state index in [4.69, 9.17) is 9.47 Å². The summed E-state index contributed by atoms with van der Waals surface area (Å²) < 4.78 is 11.5. The van der Waals surface area contributed by atoms with Crippen LogP contribution >= 0.6 is 0 Å². The van der Waals surface area contributed by atoms with Gasteiger partial charge in [-0.25, -0.2) is 0 Å². The molecule has 0 unspecified atom stereocenters. The molecule has 2 aliphatic heterocycles. The lowest BCUT2D eigenvalue weighted by Gasteiger charge is -2.42. The van der Waals surface area contributed by atoms with Crippen molar-refractivity contribution < 1.29 is 19.7 Å². The highest BCUT2D eigenvalue weighted by atomic mass is 16.5. The number of rotatable bonds is 6. The number of anilines is 1. The van der Waals surface area contributed by atoms with Crippen LogP contribution in [-0.2, 0) is 4.74 Å². The van der Waals surface area contributed by atoms with Crippen molar-refractivity contribution in [2.45, 2.75) is 31.0 Å². The summed E-state index contributed by atoms with van der Waals surface area (Å²) in [6, 6.07) is 18.1. The first kappa shape index (κ1) is 22.1. The molecule has 0 aliphatic carbocycles. The standard InChI is InChI=1S/C25H34N2O4/c1-21-7-9-22(10-8-21)27-13-11-24(28,12-14-27)17-26-15-16-30-19-25(29,18-26)20-31-23-5-3-2-4-6-23/h2-10,28-29H,11-20H2,1H3/t25-/m1/s1. The number of aryl methyl sites for hydroxylation is 1. The summed E-state index contributed by atoms with van der Waals surface area (Å²) in [5, 5.41) is 22.4. The Morgan fingerprint density at radius 2 is 1.65 bits per heavy atom. The molecule has 6 nitrogen and oxygen atoms in total. The molecule has 0 saturated carbocycles. The van der Waals surface area contributed by atoms with Crippen LogP contribution in [0.15, 0.2) is 54.6 Å². The molecule has 0 amide bonds. The van der Waals surface area contributed by atoms with E-state index >= 15 is 0 Å². The van der Waals surface area contributed by atoms with Crippen LogP contribution in [0.5, 0.6) is 5.75 Å². The van der Waals surface area contributed by atoms with E-state index in [0.29, 0.717) is 39.1 Å². The fourth-order valence-corrected chi connectivity index (χ4v) is 4.46. The Kier molecular flexibility index (Phi) is 6.82. The van der Waals surface area contributed by atoms with Gasteiger partial charge in [-0.1, -0.05) is 35.9 Å². The molecule has 1 atom stereocenters. The molecule has 2 aromatic rings. The molecule has 2 heterocycles. The summed E-state index contributed by atoms with van der Waals surface area (Å²) in [6.07, 6.45) is 1.41. The molecule has 2 saturated heterocycles. The molecule has 0 bridgehead atoms. The second-order valence-electron chi connectivity index (χ2n) is 9.14.